The van der Waals surface area contributed by atoms with Crippen LogP contribution in [0.2, 0.25) is 19.6 Å². The van der Waals surface area contributed by atoms with Gasteiger partial charge in [-0.05, 0) is 24.1 Å². The largest absolute Gasteiger partial charge is 0.0986 e. The lowest BCUT2D eigenvalue weighted by Gasteiger charge is -2.07. The minimum absolute atomic E-state index is 1.01. The SMILES string of the molecule is C[Si](C)(C)/C=C/Cc1ccc(Br)cc1. The monoisotopic (exact) mass is 268 g/mol. The van der Waals surface area contributed by atoms with Crippen molar-refractivity contribution >= 4 is 24.0 Å². The summed E-state index contributed by atoms with van der Waals surface area (Å²) in [5.74, 6) is 0. The third kappa shape index (κ3) is 4.77. The molecule has 0 aliphatic rings. The first-order valence-electron chi connectivity index (χ1n) is 4.89. The summed E-state index contributed by atoms with van der Waals surface area (Å²) in [5.41, 5.74) is 3.78. The molecule has 0 aromatic heterocycles. The van der Waals surface area contributed by atoms with Crippen LogP contribution < -0.4 is 0 Å². The molecule has 0 N–H and O–H groups in total. The molecule has 0 saturated carbocycles. The number of halogens is 1. The molecular weight excluding hydrogens is 252 g/mol. The first kappa shape index (κ1) is 11.7. The number of rotatable bonds is 3. The number of benzene rings is 1. The topological polar surface area (TPSA) is 0 Å². The molecule has 2 heteroatoms. The number of allylic oxidation sites excluding steroid dienone is 1. The average molecular weight is 269 g/mol. The Balaban J connectivity index is 2.54. The maximum Gasteiger partial charge on any atom is 0.0683 e. The van der Waals surface area contributed by atoms with E-state index in [-0.39, 0.29) is 0 Å². The Labute approximate surface area is 96.2 Å². The smallest absolute Gasteiger partial charge is 0.0683 e. The van der Waals surface area contributed by atoms with Crippen LogP contribution in [-0.2, 0) is 6.42 Å². The highest BCUT2D eigenvalue weighted by Gasteiger charge is 2.05. The zero-order valence-electron chi connectivity index (χ0n) is 9.05. The van der Waals surface area contributed by atoms with Crippen LogP contribution in [0.5, 0.6) is 0 Å². The highest BCUT2D eigenvalue weighted by Crippen LogP contribution is 2.11. The van der Waals surface area contributed by atoms with Crippen molar-refractivity contribution in [3.63, 3.8) is 0 Å². The molecule has 0 saturated heterocycles. The van der Waals surface area contributed by atoms with E-state index in [1.165, 1.54) is 5.56 Å². The fourth-order valence-corrected chi connectivity index (χ4v) is 2.26. The predicted molar refractivity (Wildman–Crippen MR) is 70.3 cm³/mol. The molecule has 0 unspecified atom stereocenters. The zero-order chi connectivity index (χ0) is 10.6. The van der Waals surface area contributed by atoms with Gasteiger partial charge in [-0.15, -0.1) is 0 Å². The summed E-state index contributed by atoms with van der Waals surface area (Å²) in [6.07, 6.45) is 3.35. The summed E-state index contributed by atoms with van der Waals surface area (Å²) >= 11 is 3.43. The number of hydrogen-bond acceptors (Lipinski definition) is 0. The van der Waals surface area contributed by atoms with Crippen molar-refractivity contribution in [3.05, 3.63) is 46.1 Å². The Hall–Kier alpha value is -0.343. The maximum atomic E-state index is 3.43. The van der Waals surface area contributed by atoms with E-state index >= 15 is 0 Å². The van der Waals surface area contributed by atoms with E-state index < -0.39 is 8.07 Å². The lowest BCUT2D eigenvalue weighted by atomic mass is 10.2. The van der Waals surface area contributed by atoms with Crippen LogP contribution in [0.1, 0.15) is 5.56 Å². The molecule has 1 rings (SSSR count). The average Bonchev–Trinajstić information content (AvgIpc) is 2.06. The van der Waals surface area contributed by atoms with Gasteiger partial charge in [0, 0.05) is 4.47 Å². The molecule has 0 aliphatic carbocycles. The van der Waals surface area contributed by atoms with Gasteiger partial charge in [0.1, 0.15) is 0 Å². The van der Waals surface area contributed by atoms with Crippen LogP contribution in [0.15, 0.2) is 40.5 Å². The molecule has 0 aliphatic heterocycles. The van der Waals surface area contributed by atoms with Gasteiger partial charge in [0.05, 0.1) is 8.07 Å². The van der Waals surface area contributed by atoms with Crippen LogP contribution in [0.25, 0.3) is 0 Å². The minimum atomic E-state index is -1.01. The number of hydrogen-bond donors (Lipinski definition) is 0. The molecule has 0 heterocycles. The molecule has 0 atom stereocenters. The van der Waals surface area contributed by atoms with E-state index in [1.54, 1.807) is 0 Å². The molecule has 1 aromatic rings. The van der Waals surface area contributed by atoms with Crippen LogP contribution in [-0.4, -0.2) is 8.07 Å². The lowest BCUT2D eigenvalue weighted by Crippen LogP contribution is -2.15. The van der Waals surface area contributed by atoms with Crippen LogP contribution >= 0.6 is 15.9 Å². The molecule has 0 amide bonds. The van der Waals surface area contributed by atoms with Crippen molar-refractivity contribution in [1.82, 2.24) is 0 Å². The van der Waals surface area contributed by atoms with Gasteiger partial charge in [-0.3, -0.25) is 0 Å². The first-order chi connectivity index (χ1) is 6.47. The van der Waals surface area contributed by atoms with Crippen molar-refractivity contribution in [3.8, 4) is 0 Å². The van der Waals surface area contributed by atoms with Crippen LogP contribution in [0, 0.1) is 0 Å². The minimum Gasteiger partial charge on any atom is -0.0986 e. The molecule has 0 radical (unpaired) electrons. The van der Waals surface area contributed by atoms with E-state index in [9.17, 15) is 0 Å². The van der Waals surface area contributed by atoms with Gasteiger partial charge in [0.25, 0.3) is 0 Å². The Morgan fingerprint density at radius 3 is 2.21 bits per heavy atom. The van der Waals surface area contributed by atoms with Crippen molar-refractivity contribution in [2.24, 2.45) is 0 Å². The third-order valence-corrected chi connectivity index (χ3v) is 3.65. The summed E-state index contributed by atoms with van der Waals surface area (Å²) in [6.45, 7) is 7.06. The molecular formula is C12H17BrSi. The summed E-state index contributed by atoms with van der Waals surface area (Å²) in [4.78, 5) is 0. The first-order valence-corrected chi connectivity index (χ1v) is 9.26. The maximum absolute atomic E-state index is 3.43. The second kappa shape index (κ2) is 4.94. The van der Waals surface area contributed by atoms with Crippen molar-refractivity contribution in [2.75, 3.05) is 0 Å². The quantitative estimate of drug-likeness (QED) is 0.712. The zero-order valence-corrected chi connectivity index (χ0v) is 11.6. The van der Waals surface area contributed by atoms with E-state index in [4.69, 9.17) is 0 Å². The molecule has 76 valence electrons. The molecule has 0 spiro atoms. The summed E-state index contributed by atoms with van der Waals surface area (Å²) in [5, 5.41) is 0. The van der Waals surface area contributed by atoms with Gasteiger partial charge in [0.2, 0.25) is 0 Å². The highest BCUT2D eigenvalue weighted by atomic mass is 79.9. The van der Waals surface area contributed by atoms with Gasteiger partial charge in [0.15, 0.2) is 0 Å². The van der Waals surface area contributed by atoms with E-state index in [2.05, 4.69) is 71.6 Å². The predicted octanol–water partition coefficient (Wildman–Crippen LogP) is 4.43. The second-order valence-corrected chi connectivity index (χ2v) is 10.6. The van der Waals surface area contributed by atoms with Gasteiger partial charge >= 0.3 is 0 Å². The fraction of sp³-hybridized carbons (Fsp3) is 0.333. The van der Waals surface area contributed by atoms with Gasteiger partial charge in [-0.25, -0.2) is 0 Å². The molecule has 14 heavy (non-hydrogen) atoms. The summed E-state index contributed by atoms with van der Waals surface area (Å²) in [7, 11) is -1.01. The van der Waals surface area contributed by atoms with E-state index in [0.717, 1.165) is 10.9 Å². The normalized spacial score (nSPS) is 12.3. The summed E-state index contributed by atoms with van der Waals surface area (Å²) < 4.78 is 1.15. The van der Waals surface area contributed by atoms with Crippen molar-refractivity contribution in [2.45, 2.75) is 26.1 Å². The third-order valence-electron chi connectivity index (χ3n) is 1.88. The molecule has 0 nitrogen and oxygen atoms in total. The van der Waals surface area contributed by atoms with Crippen LogP contribution in [0.3, 0.4) is 0 Å². The van der Waals surface area contributed by atoms with Crippen LogP contribution in [0.4, 0.5) is 0 Å². The summed E-state index contributed by atoms with van der Waals surface area (Å²) in [6, 6.07) is 8.52. The second-order valence-electron chi connectivity index (χ2n) is 4.60. The fourth-order valence-electron chi connectivity index (χ4n) is 1.17. The van der Waals surface area contributed by atoms with Gasteiger partial charge < -0.3 is 0 Å². The van der Waals surface area contributed by atoms with E-state index in [0.29, 0.717) is 0 Å². The van der Waals surface area contributed by atoms with Crippen molar-refractivity contribution in [1.29, 1.82) is 0 Å². The van der Waals surface area contributed by atoms with Gasteiger partial charge in [-0.1, -0.05) is 59.5 Å². The lowest BCUT2D eigenvalue weighted by molar-refractivity contribution is 1.27. The molecule has 0 fully saturated rings. The Morgan fingerprint density at radius 2 is 1.71 bits per heavy atom. The molecule has 0 bridgehead atoms. The van der Waals surface area contributed by atoms with E-state index in [1.807, 2.05) is 0 Å². The Bertz CT molecular complexity index is 306. The van der Waals surface area contributed by atoms with Gasteiger partial charge in [-0.2, -0.15) is 0 Å². The standard InChI is InChI=1S/C12H17BrSi/c1-14(2,3)10-4-5-11-6-8-12(13)9-7-11/h4,6-10H,5H2,1-3H3/b10-4+. The molecule has 1 aromatic carbocycles. The Morgan fingerprint density at radius 1 is 1.14 bits per heavy atom. The van der Waals surface area contributed by atoms with Crippen molar-refractivity contribution < 1.29 is 0 Å². The Kier molecular flexibility index (Phi) is 4.14. The highest BCUT2D eigenvalue weighted by molar-refractivity contribution is 9.10.